The van der Waals surface area contributed by atoms with Crippen molar-refractivity contribution in [2.75, 3.05) is 12.3 Å². The molecule has 1 amide bonds. The van der Waals surface area contributed by atoms with E-state index in [1.54, 1.807) is 4.68 Å². The van der Waals surface area contributed by atoms with Gasteiger partial charge in [0.05, 0.1) is 11.4 Å². The van der Waals surface area contributed by atoms with Gasteiger partial charge in [-0.25, -0.2) is 0 Å². The quantitative estimate of drug-likeness (QED) is 0.636. The number of hydrogen-bond acceptors (Lipinski definition) is 5. The molecule has 2 aromatic carbocycles. The van der Waals surface area contributed by atoms with Crippen molar-refractivity contribution in [3.05, 3.63) is 65.2 Å². The van der Waals surface area contributed by atoms with Crippen LogP contribution in [0.2, 0.25) is 0 Å². The molecule has 3 rings (SSSR count). The molecule has 6 nitrogen and oxygen atoms in total. The van der Waals surface area contributed by atoms with Crippen LogP contribution in [0.3, 0.4) is 0 Å². The Kier molecular flexibility index (Phi) is 6.24. The topological polar surface area (TPSA) is 72.7 Å². The highest BCUT2D eigenvalue weighted by Gasteiger charge is 2.14. The summed E-state index contributed by atoms with van der Waals surface area (Å²) >= 11 is 1.33. The van der Waals surface area contributed by atoms with Crippen LogP contribution in [0.15, 0.2) is 53.7 Å². The Labute approximate surface area is 163 Å². The largest absolute Gasteiger partial charge is 0.355 e. The van der Waals surface area contributed by atoms with Crippen LogP contribution in [0.4, 0.5) is 0 Å². The fraction of sp³-hybridized carbons (Fsp3) is 0.300. The fourth-order valence-electron chi connectivity index (χ4n) is 2.81. The summed E-state index contributed by atoms with van der Waals surface area (Å²) in [6.07, 6.45) is 0. The van der Waals surface area contributed by atoms with Crippen LogP contribution in [0.5, 0.6) is 0 Å². The number of benzene rings is 2. The van der Waals surface area contributed by atoms with Crippen molar-refractivity contribution in [1.82, 2.24) is 25.5 Å². The fourth-order valence-corrected chi connectivity index (χ4v) is 3.52. The standard InChI is InChI=1S/C20H23N5OS/c1-14-9-10-18(15(2)11-14)25-20(22-23-24-25)27-13-19(26)21-12-16(3)17-7-5-4-6-8-17/h4-11,16H,12-13H2,1-3H3,(H,21,26). The Morgan fingerprint density at radius 2 is 1.96 bits per heavy atom. The molecule has 0 aliphatic carbocycles. The molecule has 0 aliphatic rings. The van der Waals surface area contributed by atoms with E-state index in [0.29, 0.717) is 11.7 Å². The summed E-state index contributed by atoms with van der Waals surface area (Å²) in [6.45, 7) is 6.78. The first kappa shape index (κ1) is 19.1. The predicted octanol–water partition coefficient (Wildman–Crippen LogP) is 3.29. The van der Waals surface area contributed by atoms with E-state index in [1.165, 1.54) is 22.9 Å². The molecule has 7 heteroatoms. The van der Waals surface area contributed by atoms with Crippen LogP contribution in [-0.4, -0.2) is 38.4 Å². The van der Waals surface area contributed by atoms with E-state index < -0.39 is 0 Å². The lowest BCUT2D eigenvalue weighted by molar-refractivity contribution is -0.118. The van der Waals surface area contributed by atoms with E-state index in [-0.39, 0.29) is 17.6 Å². The molecule has 0 bridgehead atoms. The second-order valence-electron chi connectivity index (χ2n) is 6.57. The molecule has 3 aromatic rings. The van der Waals surface area contributed by atoms with Gasteiger partial charge in [0.1, 0.15) is 0 Å². The molecule has 27 heavy (non-hydrogen) atoms. The smallest absolute Gasteiger partial charge is 0.230 e. The number of nitrogens with one attached hydrogen (secondary N) is 1. The third kappa shape index (κ3) is 4.95. The molecule has 1 N–H and O–H groups in total. The molecule has 0 fully saturated rings. The molecule has 1 heterocycles. The van der Waals surface area contributed by atoms with Gasteiger partial charge >= 0.3 is 0 Å². The molecule has 0 saturated carbocycles. The lowest BCUT2D eigenvalue weighted by atomic mass is 10.0. The normalized spacial score (nSPS) is 12.0. The molecule has 0 saturated heterocycles. The van der Waals surface area contributed by atoms with Crippen molar-refractivity contribution in [2.24, 2.45) is 0 Å². The lowest BCUT2D eigenvalue weighted by Gasteiger charge is -2.13. The van der Waals surface area contributed by atoms with Crippen LogP contribution >= 0.6 is 11.8 Å². The van der Waals surface area contributed by atoms with Crippen LogP contribution in [-0.2, 0) is 4.79 Å². The van der Waals surface area contributed by atoms with E-state index in [1.807, 2.05) is 44.2 Å². The monoisotopic (exact) mass is 381 g/mol. The zero-order chi connectivity index (χ0) is 19.2. The number of amides is 1. The Hall–Kier alpha value is -2.67. The summed E-state index contributed by atoms with van der Waals surface area (Å²) in [5, 5.41) is 15.5. The van der Waals surface area contributed by atoms with Gasteiger partial charge < -0.3 is 5.32 Å². The van der Waals surface area contributed by atoms with E-state index in [9.17, 15) is 4.79 Å². The van der Waals surface area contributed by atoms with Gasteiger partial charge in [-0.2, -0.15) is 4.68 Å². The molecule has 1 unspecified atom stereocenters. The predicted molar refractivity (Wildman–Crippen MR) is 107 cm³/mol. The molecule has 0 radical (unpaired) electrons. The van der Waals surface area contributed by atoms with Gasteiger partial charge in [-0.1, -0.05) is 66.7 Å². The third-order valence-corrected chi connectivity index (χ3v) is 5.25. The molecule has 140 valence electrons. The number of thioether (sulfide) groups is 1. The van der Waals surface area contributed by atoms with Crippen LogP contribution < -0.4 is 5.32 Å². The van der Waals surface area contributed by atoms with E-state index in [2.05, 4.69) is 46.0 Å². The molecule has 0 spiro atoms. The molecule has 1 atom stereocenters. The second-order valence-corrected chi connectivity index (χ2v) is 7.51. The minimum Gasteiger partial charge on any atom is -0.355 e. The van der Waals surface area contributed by atoms with Crippen molar-refractivity contribution >= 4 is 17.7 Å². The summed E-state index contributed by atoms with van der Waals surface area (Å²) < 4.78 is 1.68. The average Bonchev–Trinajstić information content (AvgIpc) is 3.13. The second kappa shape index (κ2) is 8.81. The van der Waals surface area contributed by atoms with Gasteiger partial charge in [0.2, 0.25) is 11.1 Å². The summed E-state index contributed by atoms with van der Waals surface area (Å²) in [4.78, 5) is 12.2. The molecule has 0 aliphatic heterocycles. The van der Waals surface area contributed by atoms with Gasteiger partial charge in [0.25, 0.3) is 0 Å². The highest BCUT2D eigenvalue weighted by atomic mass is 32.2. The number of carbonyl (C=O) groups excluding carboxylic acids is 1. The van der Waals surface area contributed by atoms with Gasteiger partial charge in [-0.15, -0.1) is 5.10 Å². The van der Waals surface area contributed by atoms with Crippen molar-refractivity contribution in [2.45, 2.75) is 31.8 Å². The number of aromatic nitrogens is 4. The van der Waals surface area contributed by atoms with E-state index in [4.69, 9.17) is 0 Å². The van der Waals surface area contributed by atoms with Crippen molar-refractivity contribution in [3.8, 4) is 5.69 Å². The number of rotatable bonds is 7. The van der Waals surface area contributed by atoms with Gasteiger partial charge in [-0.3, -0.25) is 4.79 Å². The third-order valence-electron chi connectivity index (χ3n) is 4.33. The Morgan fingerprint density at radius 1 is 1.19 bits per heavy atom. The number of tetrazole rings is 1. The first-order chi connectivity index (χ1) is 13.0. The van der Waals surface area contributed by atoms with Gasteiger partial charge in [-0.05, 0) is 47.4 Å². The first-order valence-corrected chi connectivity index (χ1v) is 9.83. The summed E-state index contributed by atoms with van der Waals surface area (Å²) in [6, 6.07) is 16.3. The zero-order valence-electron chi connectivity index (χ0n) is 15.7. The molecular weight excluding hydrogens is 358 g/mol. The van der Waals surface area contributed by atoms with Gasteiger partial charge in [0, 0.05) is 6.54 Å². The Balaban J connectivity index is 1.56. The minimum absolute atomic E-state index is 0.0297. The summed E-state index contributed by atoms with van der Waals surface area (Å²) in [5.41, 5.74) is 4.41. The number of hydrogen-bond donors (Lipinski definition) is 1. The lowest BCUT2D eigenvalue weighted by Crippen LogP contribution is -2.29. The Bertz CT molecular complexity index is 910. The van der Waals surface area contributed by atoms with Crippen molar-refractivity contribution < 1.29 is 4.79 Å². The maximum Gasteiger partial charge on any atom is 0.230 e. The Morgan fingerprint density at radius 3 is 2.70 bits per heavy atom. The zero-order valence-corrected chi connectivity index (χ0v) is 16.5. The van der Waals surface area contributed by atoms with Crippen LogP contribution in [0.25, 0.3) is 5.69 Å². The summed E-state index contributed by atoms with van der Waals surface area (Å²) in [7, 11) is 0. The van der Waals surface area contributed by atoms with Crippen molar-refractivity contribution in [1.29, 1.82) is 0 Å². The van der Waals surface area contributed by atoms with Gasteiger partial charge in [0.15, 0.2) is 0 Å². The SMILES string of the molecule is Cc1ccc(-n2nnnc2SCC(=O)NCC(C)c2ccccc2)c(C)c1. The number of aryl methyl sites for hydroxylation is 2. The van der Waals surface area contributed by atoms with Crippen LogP contribution in [0.1, 0.15) is 29.5 Å². The minimum atomic E-state index is -0.0297. The maximum absolute atomic E-state index is 12.2. The van der Waals surface area contributed by atoms with Crippen LogP contribution in [0, 0.1) is 13.8 Å². The van der Waals surface area contributed by atoms with Crippen molar-refractivity contribution in [3.63, 3.8) is 0 Å². The maximum atomic E-state index is 12.2. The van der Waals surface area contributed by atoms with E-state index >= 15 is 0 Å². The average molecular weight is 382 g/mol. The highest BCUT2D eigenvalue weighted by molar-refractivity contribution is 7.99. The number of nitrogens with zero attached hydrogens (tertiary/aromatic N) is 4. The van der Waals surface area contributed by atoms with E-state index in [0.717, 1.165) is 11.3 Å². The summed E-state index contributed by atoms with van der Waals surface area (Å²) in [5.74, 6) is 0.505. The molecule has 1 aromatic heterocycles. The first-order valence-electron chi connectivity index (χ1n) is 8.85. The number of carbonyl (C=O) groups is 1. The molecular formula is C20H23N5OS. The highest BCUT2D eigenvalue weighted by Crippen LogP contribution is 2.21.